The minimum Gasteiger partial charge on any atom is -0.434 e. The molecule has 0 aromatic heterocycles. The summed E-state index contributed by atoms with van der Waals surface area (Å²) in [5.74, 6) is 0. The fourth-order valence-corrected chi connectivity index (χ4v) is 0.467. The highest BCUT2D eigenvalue weighted by Gasteiger charge is 2.06. The lowest BCUT2D eigenvalue weighted by atomic mass is 10.3. The minimum absolute atomic E-state index is 0.0423. The zero-order chi connectivity index (χ0) is 8.69. The summed E-state index contributed by atoms with van der Waals surface area (Å²) in [6, 6.07) is 0. The molecule has 0 aromatic carbocycles. The summed E-state index contributed by atoms with van der Waals surface area (Å²) in [7, 11) is 0. The highest BCUT2D eigenvalue weighted by Crippen LogP contribution is 1.98. The first-order chi connectivity index (χ1) is 5.20. The Morgan fingerprint density at radius 1 is 1.45 bits per heavy atom. The molecule has 0 N–H and O–H groups in total. The molecule has 3 heteroatoms. The molecule has 0 unspecified atom stereocenters. The van der Waals surface area contributed by atoms with Gasteiger partial charge in [0.2, 0.25) is 0 Å². The van der Waals surface area contributed by atoms with Crippen molar-refractivity contribution in [3.8, 4) is 0 Å². The molecule has 0 aliphatic carbocycles. The van der Waals surface area contributed by atoms with Crippen molar-refractivity contribution in [2.24, 2.45) is 0 Å². The average molecular weight is 160 g/mol. The minimum atomic E-state index is -0.554. The van der Waals surface area contributed by atoms with Gasteiger partial charge in [-0.3, -0.25) is 0 Å². The van der Waals surface area contributed by atoms with E-state index in [0.717, 1.165) is 12.8 Å². The van der Waals surface area contributed by atoms with Crippen LogP contribution in [-0.4, -0.2) is 18.9 Å². The van der Waals surface area contributed by atoms with Crippen LogP contribution in [0.25, 0.3) is 0 Å². The van der Waals surface area contributed by atoms with Crippen molar-refractivity contribution < 1.29 is 14.3 Å². The van der Waals surface area contributed by atoms with Crippen LogP contribution in [0.4, 0.5) is 4.79 Å². The van der Waals surface area contributed by atoms with E-state index in [1.807, 2.05) is 20.8 Å². The van der Waals surface area contributed by atoms with Gasteiger partial charge >= 0.3 is 6.16 Å². The van der Waals surface area contributed by atoms with Gasteiger partial charge in [0.15, 0.2) is 0 Å². The van der Waals surface area contributed by atoms with Crippen LogP contribution in [-0.2, 0) is 9.47 Å². The van der Waals surface area contributed by atoms with Crippen LogP contribution in [0.3, 0.4) is 0 Å². The molecule has 0 rings (SSSR count). The van der Waals surface area contributed by atoms with Crippen molar-refractivity contribution in [1.29, 1.82) is 0 Å². The highest BCUT2D eigenvalue weighted by molar-refractivity contribution is 5.59. The van der Waals surface area contributed by atoms with Gasteiger partial charge in [-0.1, -0.05) is 13.8 Å². The lowest BCUT2D eigenvalue weighted by molar-refractivity contribution is 0.0282. The molecular weight excluding hydrogens is 144 g/mol. The Hall–Kier alpha value is -0.730. The molecule has 0 bridgehead atoms. The number of carbonyl (C=O) groups excluding carboxylic acids is 1. The molecule has 0 spiro atoms. The second kappa shape index (κ2) is 6.01. The Bertz CT molecular complexity index is 112. The number of carbonyl (C=O) groups is 1. The average Bonchev–Trinajstić information content (AvgIpc) is 2.00. The van der Waals surface area contributed by atoms with Gasteiger partial charge in [0.05, 0.1) is 6.61 Å². The number of hydrogen-bond acceptors (Lipinski definition) is 3. The predicted octanol–water partition coefficient (Wildman–Crippen LogP) is 2.35. The van der Waals surface area contributed by atoms with E-state index < -0.39 is 6.16 Å². The Balaban J connectivity index is 3.36. The maximum Gasteiger partial charge on any atom is 0.508 e. The second-order valence-corrected chi connectivity index (χ2v) is 2.44. The first kappa shape index (κ1) is 10.3. The van der Waals surface area contributed by atoms with Gasteiger partial charge in [-0.2, -0.15) is 0 Å². The fourth-order valence-electron chi connectivity index (χ4n) is 0.467. The molecule has 0 aliphatic rings. The second-order valence-electron chi connectivity index (χ2n) is 2.44. The molecule has 0 aromatic rings. The molecular formula is C8H16O3. The number of ether oxygens (including phenoxy) is 2. The van der Waals surface area contributed by atoms with Gasteiger partial charge in [-0.05, 0) is 19.8 Å². The standard InChI is InChI=1S/C8H16O3/c1-4-6-10-8(9)11-7(3)5-2/h7H,4-6H2,1-3H3/t7-/m1/s1. The molecule has 11 heavy (non-hydrogen) atoms. The molecule has 0 aliphatic heterocycles. The van der Waals surface area contributed by atoms with Crippen LogP contribution >= 0.6 is 0 Å². The largest absolute Gasteiger partial charge is 0.508 e. The summed E-state index contributed by atoms with van der Waals surface area (Å²) in [6.07, 6.45) is 1.05. The Kier molecular flexibility index (Phi) is 5.61. The van der Waals surface area contributed by atoms with E-state index in [1.165, 1.54) is 0 Å². The quantitative estimate of drug-likeness (QED) is 0.592. The first-order valence-electron chi connectivity index (χ1n) is 4.04. The normalized spacial score (nSPS) is 12.3. The molecule has 0 saturated carbocycles. The van der Waals surface area contributed by atoms with Crippen molar-refractivity contribution in [2.45, 2.75) is 39.7 Å². The molecule has 0 amide bonds. The first-order valence-corrected chi connectivity index (χ1v) is 4.04. The summed E-state index contributed by atoms with van der Waals surface area (Å²) in [4.78, 5) is 10.7. The van der Waals surface area contributed by atoms with Crippen molar-refractivity contribution >= 4 is 6.16 Å². The highest BCUT2D eigenvalue weighted by atomic mass is 16.7. The van der Waals surface area contributed by atoms with E-state index in [0.29, 0.717) is 6.61 Å². The van der Waals surface area contributed by atoms with Crippen molar-refractivity contribution in [3.05, 3.63) is 0 Å². The zero-order valence-electron chi connectivity index (χ0n) is 7.42. The molecule has 0 saturated heterocycles. The molecule has 0 heterocycles. The van der Waals surface area contributed by atoms with E-state index in [9.17, 15) is 4.79 Å². The van der Waals surface area contributed by atoms with Gasteiger partial charge in [0.25, 0.3) is 0 Å². The van der Waals surface area contributed by atoms with E-state index >= 15 is 0 Å². The van der Waals surface area contributed by atoms with Crippen LogP contribution < -0.4 is 0 Å². The van der Waals surface area contributed by atoms with E-state index in [4.69, 9.17) is 9.47 Å². The molecule has 66 valence electrons. The molecule has 0 radical (unpaired) electrons. The summed E-state index contributed by atoms with van der Waals surface area (Å²) >= 11 is 0. The lowest BCUT2D eigenvalue weighted by Gasteiger charge is -2.09. The van der Waals surface area contributed by atoms with Crippen molar-refractivity contribution in [1.82, 2.24) is 0 Å². The number of hydrogen-bond donors (Lipinski definition) is 0. The summed E-state index contributed by atoms with van der Waals surface area (Å²) in [5.41, 5.74) is 0. The Labute approximate surface area is 67.7 Å². The SMILES string of the molecule is CCCOC(=O)O[C@H](C)CC. The van der Waals surface area contributed by atoms with E-state index in [2.05, 4.69) is 0 Å². The maximum atomic E-state index is 10.7. The zero-order valence-corrected chi connectivity index (χ0v) is 7.42. The summed E-state index contributed by atoms with van der Waals surface area (Å²) in [6.45, 7) is 6.18. The van der Waals surface area contributed by atoms with Crippen LogP contribution in [0.5, 0.6) is 0 Å². The summed E-state index contributed by atoms with van der Waals surface area (Å²) in [5, 5.41) is 0. The Morgan fingerprint density at radius 2 is 2.09 bits per heavy atom. The van der Waals surface area contributed by atoms with Crippen LogP contribution in [0.2, 0.25) is 0 Å². The Morgan fingerprint density at radius 3 is 2.55 bits per heavy atom. The maximum absolute atomic E-state index is 10.7. The van der Waals surface area contributed by atoms with Gasteiger partial charge < -0.3 is 9.47 Å². The van der Waals surface area contributed by atoms with Gasteiger partial charge in [0.1, 0.15) is 6.10 Å². The molecule has 1 atom stereocenters. The third-order valence-electron chi connectivity index (χ3n) is 1.30. The van der Waals surface area contributed by atoms with Gasteiger partial charge in [0, 0.05) is 0 Å². The summed E-state index contributed by atoms with van der Waals surface area (Å²) < 4.78 is 9.54. The topological polar surface area (TPSA) is 35.5 Å². The molecule has 0 fully saturated rings. The van der Waals surface area contributed by atoms with Crippen molar-refractivity contribution in [3.63, 3.8) is 0 Å². The van der Waals surface area contributed by atoms with Gasteiger partial charge in [-0.15, -0.1) is 0 Å². The van der Waals surface area contributed by atoms with Crippen molar-refractivity contribution in [2.75, 3.05) is 6.61 Å². The van der Waals surface area contributed by atoms with Crippen LogP contribution in [0.1, 0.15) is 33.6 Å². The third-order valence-corrected chi connectivity index (χ3v) is 1.30. The smallest absolute Gasteiger partial charge is 0.434 e. The van der Waals surface area contributed by atoms with Crippen LogP contribution in [0.15, 0.2) is 0 Å². The lowest BCUT2D eigenvalue weighted by Crippen LogP contribution is -2.15. The number of rotatable bonds is 4. The van der Waals surface area contributed by atoms with E-state index in [1.54, 1.807) is 0 Å². The van der Waals surface area contributed by atoms with Gasteiger partial charge in [-0.25, -0.2) is 4.79 Å². The van der Waals surface area contributed by atoms with Crippen LogP contribution in [0, 0.1) is 0 Å². The third kappa shape index (κ3) is 5.70. The fraction of sp³-hybridized carbons (Fsp3) is 0.875. The monoisotopic (exact) mass is 160 g/mol. The molecule has 3 nitrogen and oxygen atoms in total. The predicted molar refractivity (Wildman–Crippen MR) is 42.5 cm³/mol. The van der Waals surface area contributed by atoms with E-state index in [-0.39, 0.29) is 6.10 Å².